The van der Waals surface area contributed by atoms with Crippen LogP contribution in [0.25, 0.3) is 0 Å². The van der Waals surface area contributed by atoms with Gasteiger partial charge in [-0.1, -0.05) is 18.2 Å². The Hall–Kier alpha value is -1.10. The van der Waals surface area contributed by atoms with Gasteiger partial charge in [-0.2, -0.15) is 0 Å². The molecule has 0 saturated carbocycles. The summed E-state index contributed by atoms with van der Waals surface area (Å²) in [5.74, 6) is 1.68. The number of likely N-dealkylation sites (tertiary alicyclic amines) is 1. The van der Waals surface area contributed by atoms with E-state index in [0.29, 0.717) is 6.54 Å². The molecule has 0 atom stereocenters. The summed E-state index contributed by atoms with van der Waals surface area (Å²) in [5.41, 5.74) is 6.79. The first-order chi connectivity index (χ1) is 10.3. The number of para-hydroxylation sites is 1. The first-order valence-corrected chi connectivity index (χ1v) is 7.95. The second-order valence-electron chi connectivity index (χ2n) is 5.75. The topological polar surface area (TPSA) is 47.7 Å². The van der Waals surface area contributed by atoms with Crippen molar-refractivity contribution in [1.82, 2.24) is 4.90 Å². The maximum Gasteiger partial charge on any atom is 0.123 e. The number of nitrogens with zero attached hydrogens (tertiary/aromatic N) is 1. The zero-order valence-electron chi connectivity index (χ0n) is 13.1. The fourth-order valence-corrected chi connectivity index (χ4v) is 2.90. The molecule has 1 aliphatic heterocycles. The fourth-order valence-electron chi connectivity index (χ4n) is 2.90. The molecule has 1 fully saturated rings. The Bertz CT molecular complexity index is 404. The van der Waals surface area contributed by atoms with Gasteiger partial charge in [-0.25, -0.2) is 0 Å². The van der Waals surface area contributed by atoms with E-state index in [-0.39, 0.29) is 0 Å². The van der Waals surface area contributed by atoms with Crippen LogP contribution in [0.4, 0.5) is 0 Å². The predicted octanol–water partition coefficient (Wildman–Crippen LogP) is 2.27. The number of nitrogens with two attached hydrogens (primary N) is 1. The SMILES string of the molecule is COCC1CCN(CCCOc2ccccc2CN)CC1. The molecule has 0 bridgehead atoms. The van der Waals surface area contributed by atoms with Crippen molar-refractivity contribution in [1.29, 1.82) is 0 Å². The van der Waals surface area contributed by atoms with Crippen molar-refractivity contribution in [3.63, 3.8) is 0 Å². The van der Waals surface area contributed by atoms with E-state index in [1.54, 1.807) is 7.11 Å². The second-order valence-corrected chi connectivity index (χ2v) is 5.75. The molecule has 0 radical (unpaired) electrons. The van der Waals surface area contributed by atoms with Gasteiger partial charge >= 0.3 is 0 Å². The third-order valence-electron chi connectivity index (χ3n) is 4.18. The van der Waals surface area contributed by atoms with E-state index in [0.717, 1.165) is 43.4 Å². The van der Waals surface area contributed by atoms with Gasteiger partial charge in [0.25, 0.3) is 0 Å². The first-order valence-electron chi connectivity index (χ1n) is 7.95. The molecule has 1 aromatic rings. The van der Waals surface area contributed by atoms with Crippen molar-refractivity contribution >= 4 is 0 Å². The van der Waals surface area contributed by atoms with Crippen LogP contribution < -0.4 is 10.5 Å². The summed E-state index contributed by atoms with van der Waals surface area (Å²) in [5, 5.41) is 0. The lowest BCUT2D eigenvalue weighted by atomic mass is 9.98. The van der Waals surface area contributed by atoms with Gasteiger partial charge in [-0.15, -0.1) is 0 Å². The molecule has 2 N–H and O–H groups in total. The van der Waals surface area contributed by atoms with Crippen LogP contribution in [0.3, 0.4) is 0 Å². The van der Waals surface area contributed by atoms with Crippen LogP contribution in [0.15, 0.2) is 24.3 Å². The minimum Gasteiger partial charge on any atom is -0.493 e. The van der Waals surface area contributed by atoms with Gasteiger partial charge in [0.05, 0.1) is 6.61 Å². The van der Waals surface area contributed by atoms with Crippen LogP contribution in [0.2, 0.25) is 0 Å². The number of ether oxygens (including phenoxy) is 2. The van der Waals surface area contributed by atoms with Crippen molar-refractivity contribution in [2.45, 2.75) is 25.8 Å². The van der Waals surface area contributed by atoms with E-state index in [1.807, 2.05) is 24.3 Å². The van der Waals surface area contributed by atoms with Crippen LogP contribution >= 0.6 is 0 Å². The number of hydrogen-bond acceptors (Lipinski definition) is 4. The third kappa shape index (κ3) is 5.30. The number of piperidine rings is 1. The predicted molar refractivity (Wildman–Crippen MR) is 85.5 cm³/mol. The fraction of sp³-hybridized carbons (Fsp3) is 0.647. The normalized spacial score (nSPS) is 17.0. The lowest BCUT2D eigenvalue weighted by Crippen LogP contribution is -2.36. The number of rotatable bonds is 8. The van der Waals surface area contributed by atoms with E-state index in [2.05, 4.69) is 4.90 Å². The van der Waals surface area contributed by atoms with Gasteiger partial charge < -0.3 is 20.1 Å². The Morgan fingerprint density at radius 2 is 2.00 bits per heavy atom. The summed E-state index contributed by atoms with van der Waals surface area (Å²) in [4.78, 5) is 2.53. The third-order valence-corrected chi connectivity index (χ3v) is 4.18. The molecular formula is C17H28N2O2. The van der Waals surface area contributed by atoms with Crippen molar-refractivity contribution in [3.8, 4) is 5.75 Å². The highest BCUT2D eigenvalue weighted by Gasteiger charge is 2.18. The Kier molecular flexibility index (Phi) is 7.00. The quantitative estimate of drug-likeness (QED) is 0.747. The Labute approximate surface area is 128 Å². The zero-order valence-corrected chi connectivity index (χ0v) is 13.1. The molecule has 0 aromatic heterocycles. The lowest BCUT2D eigenvalue weighted by Gasteiger charge is -2.31. The van der Waals surface area contributed by atoms with E-state index in [4.69, 9.17) is 15.2 Å². The van der Waals surface area contributed by atoms with E-state index in [1.165, 1.54) is 25.9 Å². The monoisotopic (exact) mass is 292 g/mol. The van der Waals surface area contributed by atoms with Gasteiger partial charge in [-0.05, 0) is 44.3 Å². The Balaban J connectivity index is 1.62. The highest BCUT2D eigenvalue weighted by Crippen LogP contribution is 2.19. The molecule has 1 aliphatic rings. The van der Waals surface area contributed by atoms with Crippen molar-refractivity contribution in [3.05, 3.63) is 29.8 Å². The summed E-state index contributed by atoms with van der Waals surface area (Å²) < 4.78 is 11.1. The van der Waals surface area contributed by atoms with Crippen LogP contribution in [0.5, 0.6) is 5.75 Å². The van der Waals surface area contributed by atoms with Gasteiger partial charge in [-0.3, -0.25) is 0 Å². The number of hydrogen-bond donors (Lipinski definition) is 1. The van der Waals surface area contributed by atoms with Crippen LogP contribution in [0.1, 0.15) is 24.8 Å². The minimum absolute atomic E-state index is 0.531. The molecule has 21 heavy (non-hydrogen) atoms. The maximum atomic E-state index is 5.85. The molecule has 2 rings (SSSR count). The largest absolute Gasteiger partial charge is 0.493 e. The molecule has 4 heteroatoms. The van der Waals surface area contributed by atoms with Crippen LogP contribution in [0, 0.1) is 5.92 Å². The van der Waals surface area contributed by atoms with E-state index in [9.17, 15) is 0 Å². The average Bonchev–Trinajstić information content (AvgIpc) is 2.54. The average molecular weight is 292 g/mol. The molecule has 0 aliphatic carbocycles. The summed E-state index contributed by atoms with van der Waals surface area (Å²) >= 11 is 0. The van der Waals surface area contributed by atoms with Crippen molar-refractivity contribution < 1.29 is 9.47 Å². The zero-order chi connectivity index (χ0) is 14.9. The molecule has 0 amide bonds. The number of methoxy groups -OCH3 is 1. The maximum absolute atomic E-state index is 5.85. The molecule has 1 saturated heterocycles. The first kappa shape index (κ1) is 16.3. The molecule has 4 nitrogen and oxygen atoms in total. The highest BCUT2D eigenvalue weighted by atomic mass is 16.5. The van der Waals surface area contributed by atoms with Crippen molar-refractivity contribution in [2.75, 3.05) is 40.0 Å². The highest BCUT2D eigenvalue weighted by molar-refractivity contribution is 5.32. The summed E-state index contributed by atoms with van der Waals surface area (Å²) in [6.07, 6.45) is 3.57. The minimum atomic E-state index is 0.531. The molecule has 118 valence electrons. The molecule has 1 heterocycles. The molecule has 0 unspecified atom stereocenters. The molecular weight excluding hydrogens is 264 g/mol. The van der Waals surface area contributed by atoms with Crippen LogP contribution in [-0.2, 0) is 11.3 Å². The molecule has 1 aromatic carbocycles. The summed E-state index contributed by atoms with van der Waals surface area (Å²) in [6, 6.07) is 8.02. The van der Waals surface area contributed by atoms with E-state index < -0.39 is 0 Å². The van der Waals surface area contributed by atoms with Crippen LogP contribution in [-0.4, -0.2) is 44.9 Å². The summed E-state index contributed by atoms with van der Waals surface area (Å²) in [6.45, 7) is 5.69. The number of benzene rings is 1. The Morgan fingerprint density at radius 1 is 1.24 bits per heavy atom. The van der Waals surface area contributed by atoms with Gasteiger partial charge in [0.1, 0.15) is 5.75 Å². The standard InChI is InChI=1S/C17H28N2O2/c1-20-14-15-7-10-19(11-8-15)9-4-12-21-17-6-3-2-5-16(17)13-18/h2-3,5-6,15H,4,7-14,18H2,1H3. The second kappa shape index (κ2) is 9.03. The Morgan fingerprint density at radius 3 is 2.71 bits per heavy atom. The van der Waals surface area contributed by atoms with Gasteiger partial charge in [0.2, 0.25) is 0 Å². The van der Waals surface area contributed by atoms with Crippen molar-refractivity contribution in [2.24, 2.45) is 11.7 Å². The van der Waals surface area contributed by atoms with Gasteiger partial charge in [0.15, 0.2) is 0 Å². The summed E-state index contributed by atoms with van der Waals surface area (Å²) in [7, 11) is 1.79. The lowest BCUT2D eigenvalue weighted by molar-refractivity contribution is 0.0970. The molecule has 0 spiro atoms. The smallest absolute Gasteiger partial charge is 0.123 e. The van der Waals surface area contributed by atoms with E-state index >= 15 is 0 Å². The van der Waals surface area contributed by atoms with Gasteiger partial charge in [0, 0.05) is 32.4 Å².